The second kappa shape index (κ2) is 4.80. The topological polar surface area (TPSA) is 41.7 Å². The van der Waals surface area contributed by atoms with Gasteiger partial charge in [-0.3, -0.25) is 5.41 Å². The van der Waals surface area contributed by atoms with E-state index in [4.69, 9.17) is 17.0 Å². The maximum absolute atomic E-state index is 7.78. The zero-order valence-electron chi connectivity index (χ0n) is 8.90. The van der Waals surface area contributed by atoms with Crippen LogP contribution in [0.15, 0.2) is 24.3 Å². The summed E-state index contributed by atoms with van der Waals surface area (Å²) in [5.74, 6) is 0. The lowest BCUT2D eigenvalue weighted by Gasteiger charge is -2.01. The van der Waals surface area contributed by atoms with Crippen molar-refractivity contribution in [3.8, 4) is 0 Å². The number of nitrogens with one attached hydrogen (secondary N) is 1. The van der Waals surface area contributed by atoms with Gasteiger partial charge in [-0.2, -0.15) is 5.10 Å². The van der Waals surface area contributed by atoms with Crippen LogP contribution in [0, 0.1) is 5.41 Å². The number of hydrogen-bond acceptors (Lipinski definition) is 3. The molecule has 0 fully saturated rings. The molecule has 0 saturated heterocycles. The van der Waals surface area contributed by atoms with Gasteiger partial charge in [-0.1, -0.05) is 42.0 Å². The molecule has 1 aromatic heterocycles. The normalized spacial score (nSPS) is 10.6. The van der Waals surface area contributed by atoms with Crippen molar-refractivity contribution in [2.75, 3.05) is 0 Å². The first-order valence-corrected chi connectivity index (χ1v) is 6.24. The molecular formula is C11H12ClN3S. The summed E-state index contributed by atoms with van der Waals surface area (Å²) in [6.07, 6.45) is 0.879. The fraction of sp³-hybridized carbons (Fsp3) is 0.273. The van der Waals surface area contributed by atoms with E-state index in [9.17, 15) is 0 Å². The summed E-state index contributed by atoms with van der Waals surface area (Å²) in [5.41, 5.74) is 1.11. The first kappa shape index (κ1) is 11.4. The lowest BCUT2D eigenvalue weighted by atomic mass is 10.2. The summed E-state index contributed by atoms with van der Waals surface area (Å²) in [6, 6.07) is 7.63. The third-order valence-electron chi connectivity index (χ3n) is 2.23. The molecule has 2 aromatic rings. The zero-order valence-corrected chi connectivity index (χ0v) is 10.5. The molecule has 0 radical (unpaired) electrons. The average Bonchev–Trinajstić information content (AvgIpc) is 2.63. The van der Waals surface area contributed by atoms with Crippen molar-refractivity contribution in [1.82, 2.24) is 9.78 Å². The highest BCUT2D eigenvalue weighted by Gasteiger charge is 2.02. The van der Waals surface area contributed by atoms with Crippen LogP contribution in [0.2, 0.25) is 5.02 Å². The van der Waals surface area contributed by atoms with Gasteiger partial charge in [-0.15, -0.1) is 0 Å². The number of aromatic nitrogens is 2. The lowest BCUT2D eigenvalue weighted by Crippen LogP contribution is -2.15. The molecule has 3 nitrogen and oxygen atoms in total. The minimum Gasteiger partial charge on any atom is -0.274 e. The van der Waals surface area contributed by atoms with Crippen molar-refractivity contribution in [3.63, 3.8) is 0 Å². The number of aryl methyl sites for hydroxylation is 1. The summed E-state index contributed by atoms with van der Waals surface area (Å²) in [6.45, 7) is 2.68. The zero-order chi connectivity index (χ0) is 11.5. The monoisotopic (exact) mass is 253 g/mol. The van der Waals surface area contributed by atoms with Crippen LogP contribution < -0.4 is 4.80 Å². The molecule has 1 heterocycles. The van der Waals surface area contributed by atoms with E-state index in [-0.39, 0.29) is 0 Å². The fourth-order valence-corrected chi connectivity index (χ4v) is 2.22. The summed E-state index contributed by atoms with van der Waals surface area (Å²) < 4.78 is 1.72. The molecule has 1 N–H and O–H groups in total. The van der Waals surface area contributed by atoms with E-state index in [1.54, 1.807) is 4.68 Å². The molecule has 84 valence electrons. The van der Waals surface area contributed by atoms with Gasteiger partial charge in [0.2, 0.25) is 4.80 Å². The van der Waals surface area contributed by atoms with Crippen LogP contribution in [0.4, 0.5) is 0 Å². The molecule has 0 amide bonds. The van der Waals surface area contributed by atoms with Crippen molar-refractivity contribution >= 4 is 22.9 Å². The Kier molecular flexibility index (Phi) is 3.41. The van der Waals surface area contributed by atoms with E-state index < -0.39 is 0 Å². The summed E-state index contributed by atoms with van der Waals surface area (Å²) >= 11 is 7.24. The number of nitrogens with zero attached hydrogens (tertiary/aromatic N) is 2. The Bertz CT molecular complexity index is 527. The Morgan fingerprint density at radius 2 is 2.06 bits per heavy atom. The molecule has 16 heavy (non-hydrogen) atoms. The summed E-state index contributed by atoms with van der Waals surface area (Å²) in [4.78, 5) is 0.492. The minimum atomic E-state index is 0.492. The molecule has 0 aliphatic heterocycles. The maximum atomic E-state index is 7.78. The van der Waals surface area contributed by atoms with Crippen molar-refractivity contribution in [3.05, 3.63) is 44.7 Å². The number of rotatable bonds is 3. The highest BCUT2D eigenvalue weighted by molar-refractivity contribution is 7.08. The maximum Gasteiger partial charge on any atom is 0.200 e. The van der Waals surface area contributed by atoms with E-state index in [1.165, 1.54) is 11.3 Å². The van der Waals surface area contributed by atoms with E-state index in [1.807, 2.05) is 31.2 Å². The van der Waals surface area contributed by atoms with Crippen LogP contribution >= 0.6 is 22.9 Å². The van der Waals surface area contributed by atoms with E-state index in [0.29, 0.717) is 11.3 Å². The Labute approximate surface area is 103 Å². The Morgan fingerprint density at radius 1 is 1.38 bits per heavy atom. The third kappa shape index (κ3) is 2.51. The minimum absolute atomic E-state index is 0.492. The fourth-order valence-electron chi connectivity index (χ4n) is 1.38. The SMILES string of the molecule is CCc1nn(Cc2ccc(Cl)cc2)c(=N)s1. The highest BCUT2D eigenvalue weighted by Crippen LogP contribution is 2.10. The smallest absolute Gasteiger partial charge is 0.200 e. The third-order valence-corrected chi connectivity index (χ3v) is 3.49. The van der Waals surface area contributed by atoms with Gasteiger partial charge in [-0.25, -0.2) is 4.68 Å². The van der Waals surface area contributed by atoms with Gasteiger partial charge in [-0.05, 0) is 24.1 Å². The molecule has 0 saturated carbocycles. The van der Waals surface area contributed by atoms with Gasteiger partial charge in [0.1, 0.15) is 5.01 Å². The molecule has 0 aliphatic carbocycles. The van der Waals surface area contributed by atoms with Crippen LogP contribution in [0.25, 0.3) is 0 Å². The van der Waals surface area contributed by atoms with Gasteiger partial charge < -0.3 is 0 Å². The quantitative estimate of drug-likeness (QED) is 0.898. The molecular weight excluding hydrogens is 242 g/mol. The molecule has 0 unspecified atom stereocenters. The van der Waals surface area contributed by atoms with Gasteiger partial charge >= 0.3 is 0 Å². The molecule has 1 aromatic carbocycles. The second-order valence-electron chi connectivity index (χ2n) is 3.44. The standard InChI is InChI=1S/C11H12ClN3S/c1-2-10-14-15(11(13)16-10)7-8-3-5-9(12)6-4-8/h3-6,13H,2,7H2,1H3. The number of halogens is 1. The molecule has 5 heteroatoms. The molecule has 2 rings (SSSR count). The predicted octanol–water partition coefficient (Wildman–Crippen LogP) is 2.69. The number of hydrogen-bond donors (Lipinski definition) is 1. The first-order chi connectivity index (χ1) is 7.69. The van der Waals surface area contributed by atoms with Crippen molar-refractivity contribution in [2.24, 2.45) is 0 Å². The van der Waals surface area contributed by atoms with Gasteiger partial charge in [0.15, 0.2) is 0 Å². The van der Waals surface area contributed by atoms with Crippen LogP contribution in [0.1, 0.15) is 17.5 Å². The molecule has 0 aliphatic rings. The van der Waals surface area contributed by atoms with Gasteiger partial charge in [0.25, 0.3) is 0 Å². The van der Waals surface area contributed by atoms with Crippen molar-refractivity contribution < 1.29 is 0 Å². The van der Waals surface area contributed by atoms with Crippen molar-refractivity contribution in [1.29, 1.82) is 5.41 Å². The number of benzene rings is 1. The summed E-state index contributed by atoms with van der Waals surface area (Å²) in [7, 11) is 0. The highest BCUT2D eigenvalue weighted by atomic mass is 35.5. The van der Waals surface area contributed by atoms with E-state index >= 15 is 0 Å². The van der Waals surface area contributed by atoms with E-state index in [0.717, 1.165) is 22.0 Å². The summed E-state index contributed by atoms with van der Waals surface area (Å²) in [5, 5.41) is 13.9. The lowest BCUT2D eigenvalue weighted by molar-refractivity contribution is 0.638. The van der Waals surface area contributed by atoms with Gasteiger partial charge in [0, 0.05) is 5.02 Å². The Morgan fingerprint density at radius 3 is 2.62 bits per heavy atom. The van der Waals surface area contributed by atoms with Crippen LogP contribution in [0.5, 0.6) is 0 Å². The van der Waals surface area contributed by atoms with E-state index in [2.05, 4.69) is 5.10 Å². The average molecular weight is 254 g/mol. The van der Waals surface area contributed by atoms with Crippen LogP contribution in [0.3, 0.4) is 0 Å². The molecule has 0 bridgehead atoms. The van der Waals surface area contributed by atoms with Crippen LogP contribution in [-0.4, -0.2) is 9.78 Å². The Balaban J connectivity index is 2.23. The van der Waals surface area contributed by atoms with Crippen molar-refractivity contribution in [2.45, 2.75) is 19.9 Å². The first-order valence-electron chi connectivity index (χ1n) is 5.05. The van der Waals surface area contributed by atoms with Crippen LogP contribution in [-0.2, 0) is 13.0 Å². The Hall–Kier alpha value is -1.13. The second-order valence-corrected chi connectivity index (χ2v) is 4.94. The molecule has 0 atom stereocenters. The largest absolute Gasteiger partial charge is 0.274 e. The molecule has 0 spiro atoms. The predicted molar refractivity (Wildman–Crippen MR) is 65.9 cm³/mol. The van der Waals surface area contributed by atoms with Gasteiger partial charge in [0.05, 0.1) is 6.54 Å².